The molecule has 0 bridgehead atoms. The van der Waals surface area contributed by atoms with Gasteiger partial charge in [-0.15, -0.1) is 0 Å². The Labute approximate surface area is 281 Å². The molecule has 0 fully saturated rings. The lowest BCUT2D eigenvalue weighted by molar-refractivity contribution is 0.330. The Kier molecular flexibility index (Phi) is 15.1. The highest BCUT2D eigenvalue weighted by molar-refractivity contribution is 5.95. The molecule has 0 aliphatic heterocycles. The van der Waals surface area contributed by atoms with Crippen molar-refractivity contribution in [3.8, 4) is 22.4 Å². The number of pyridine rings is 1. The lowest BCUT2D eigenvalue weighted by Crippen LogP contribution is -2.27. The molecule has 0 amide bonds. The number of unbranched alkanes of at least 4 members (excludes halogenated alkanes) is 3. The van der Waals surface area contributed by atoms with E-state index in [0.717, 1.165) is 32.4 Å². The Morgan fingerprint density at radius 2 is 1.70 bits per heavy atom. The van der Waals surface area contributed by atoms with Gasteiger partial charge < -0.3 is 9.99 Å². The van der Waals surface area contributed by atoms with E-state index in [1.165, 1.54) is 88.6 Å². The van der Waals surface area contributed by atoms with Gasteiger partial charge in [0, 0.05) is 42.0 Å². The number of aromatic nitrogens is 2. The van der Waals surface area contributed by atoms with Crippen LogP contribution in [0.1, 0.15) is 123 Å². The minimum absolute atomic E-state index is 0.212. The molecule has 0 aliphatic carbocycles. The average Bonchev–Trinajstić information content (AvgIpc) is 3.38. The summed E-state index contributed by atoms with van der Waals surface area (Å²) in [5.41, 5.74) is 17.1. The zero-order valence-electron chi connectivity index (χ0n) is 30.3. The standard InChI is InChI=1S/C40H56N4.C2H6/c1-8-24-40(6,7)29-36-35-28-33(32-20-16-19-31(27-32)18-14-12-13-15-26-43-42-10-3)22-23-37(35)44(11-4)39(36)34-21-17-25-41-38(34)30(5)9-2;1-2/h10,16-17,19-23,25,27-28,30,42-43H,3,8-9,11-15,18,24,26,29H2,1-2,4-7H3;1-2H3. The van der Waals surface area contributed by atoms with Gasteiger partial charge in [-0.2, -0.15) is 0 Å². The summed E-state index contributed by atoms with van der Waals surface area (Å²) in [4.78, 5) is 4.95. The molecule has 2 aromatic heterocycles. The van der Waals surface area contributed by atoms with Gasteiger partial charge in [-0.05, 0) is 103 Å². The minimum atomic E-state index is 0.212. The van der Waals surface area contributed by atoms with Gasteiger partial charge in [-0.3, -0.25) is 4.98 Å². The van der Waals surface area contributed by atoms with Gasteiger partial charge >= 0.3 is 0 Å². The van der Waals surface area contributed by atoms with Crippen molar-refractivity contribution >= 4 is 10.9 Å². The van der Waals surface area contributed by atoms with E-state index in [9.17, 15) is 0 Å². The maximum Gasteiger partial charge on any atom is 0.0542 e. The number of rotatable bonds is 18. The third kappa shape index (κ3) is 9.58. The highest BCUT2D eigenvalue weighted by atomic mass is 15.3. The normalized spacial score (nSPS) is 12.1. The second-order valence-corrected chi connectivity index (χ2v) is 13.3. The molecule has 2 aromatic carbocycles. The van der Waals surface area contributed by atoms with Gasteiger partial charge in [0.25, 0.3) is 0 Å². The van der Waals surface area contributed by atoms with E-state index < -0.39 is 0 Å². The Morgan fingerprint density at radius 1 is 0.935 bits per heavy atom. The predicted molar refractivity (Wildman–Crippen MR) is 202 cm³/mol. The Bertz CT molecular complexity index is 1500. The molecule has 1 unspecified atom stereocenters. The van der Waals surface area contributed by atoms with Crippen LogP contribution in [-0.2, 0) is 19.4 Å². The van der Waals surface area contributed by atoms with Crippen LogP contribution < -0.4 is 10.9 Å². The second kappa shape index (κ2) is 18.7. The molecule has 0 aliphatic rings. The number of hydrogen-bond acceptors (Lipinski definition) is 3. The molecule has 2 N–H and O–H groups in total. The van der Waals surface area contributed by atoms with Gasteiger partial charge in [-0.1, -0.05) is 105 Å². The van der Waals surface area contributed by atoms with Crippen molar-refractivity contribution in [2.24, 2.45) is 5.41 Å². The summed E-state index contributed by atoms with van der Waals surface area (Å²) in [6, 6.07) is 20.8. The topological polar surface area (TPSA) is 41.9 Å². The maximum atomic E-state index is 4.95. The highest BCUT2D eigenvalue weighted by Gasteiger charge is 2.27. The van der Waals surface area contributed by atoms with Crippen molar-refractivity contribution in [3.63, 3.8) is 0 Å². The van der Waals surface area contributed by atoms with E-state index in [4.69, 9.17) is 4.98 Å². The van der Waals surface area contributed by atoms with Crippen LogP contribution in [-0.4, -0.2) is 16.1 Å². The Morgan fingerprint density at radius 3 is 2.41 bits per heavy atom. The minimum Gasteiger partial charge on any atom is -0.340 e. The first kappa shape index (κ1) is 37.1. The molecule has 4 nitrogen and oxygen atoms in total. The predicted octanol–water partition coefficient (Wildman–Crippen LogP) is 11.6. The van der Waals surface area contributed by atoms with Crippen molar-refractivity contribution in [3.05, 3.63) is 90.4 Å². The third-order valence-electron chi connectivity index (χ3n) is 9.22. The number of hydrazine groups is 1. The highest BCUT2D eigenvalue weighted by Crippen LogP contribution is 2.42. The van der Waals surface area contributed by atoms with Crippen molar-refractivity contribution in [1.29, 1.82) is 0 Å². The first-order valence-electron chi connectivity index (χ1n) is 18.1. The zero-order valence-corrected chi connectivity index (χ0v) is 30.3. The lowest BCUT2D eigenvalue weighted by atomic mass is 9.80. The van der Waals surface area contributed by atoms with E-state index in [1.54, 1.807) is 6.20 Å². The molecule has 0 spiro atoms. The third-order valence-corrected chi connectivity index (χ3v) is 9.22. The monoisotopic (exact) mass is 622 g/mol. The first-order valence-corrected chi connectivity index (χ1v) is 18.1. The van der Waals surface area contributed by atoms with E-state index in [2.05, 4.69) is 118 Å². The molecule has 0 saturated heterocycles. The molecular weight excluding hydrogens is 560 g/mol. The van der Waals surface area contributed by atoms with Crippen LogP contribution in [0.15, 0.2) is 73.6 Å². The Balaban J connectivity index is 0.00000282. The summed E-state index contributed by atoms with van der Waals surface area (Å²) in [6.07, 6.45) is 14.2. The van der Waals surface area contributed by atoms with Crippen LogP contribution in [0.25, 0.3) is 33.3 Å². The van der Waals surface area contributed by atoms with Gasteiger partial charge in [0.1, 0.15) is 0 Å². The molecule has 4 aromatic rings. The summed E-state index contributed by atoms with van der Waals surface area (Å²) < 4.78 is 2.55. The lowest BCUT2D eigenvalue weighted by Gasteiger charge is -2.25. The molecule has 250 valence electrons. The summed E-state index contributed by atoms with van der Waals surface area (Å²) in [6.45, 7) is 23.6. The van der Waals surface area contributed by atoms with E-state index in [-0.39, 0.29) is 5.41 Å². The molecule has 4 heteroatoms. The van der Waals surface area contributed by atoms with Crippen LogP contribution in [0, 0.1) is 5.41 Å². The number of nitrogens with zero attached hydrogens (tertiary/aromatic N) is 2. The number of hydrogen-bond donors (Lipinski definition) is 2. The largest absolute Gasteiger partial charge is 0.340 e. The van der Waals surface area contributed by atoms with Gasteiger partial charge in [0.2, 0.25) is 0 Å². The van der Waals surface area contributed by atoms with Crippen LogP contribution in [0.3, 0.4) is 0 Å². The number of nitrogens with one attached hydrogen (secondary N) is 2. The van der Waals surface area contributed by atoms with E-state index in [1.807, 2.05) is 20.0 Å². The fraction of sp³-hybridized carbons (Fsp3) is 0.500. The van der Waals surface area contributed by atoms with Crippen molar-refractivity contribution in [1.82, 2.24) is 20.4 Å². The molecular formula is C42H62N4. The summed E-state index contributed by atoms with van der Waals surface area (Å²) >= 11 is 0. The number of benzene rings is 2. The second-order valence-electron chi connectivity index (χ2n) is 13.3. The quantitative estimate of drug-likeness (QED) is 0.0857. The molecule has 1 atom stereocenters. The smallest absolute Gasteiger partial charge is 0.0542 e. The summed E-state index contributed by atoms with van der Waals surface area (Å²) in [5, 5.41) is 1.40. The first-order chi connectivity index (χ1) is 22.3. The van der Waals surface area contributed by atoms with Gasteiger partial charge in [-0.25, -0.2) is 5.43 Å². The molecule has 46 heavy (non-hydrogen) atoms. The SMILES string of the molecule is C=CNNCCCCCCc1cccc(-c2ccc3c(c2)c(CC(C)(C)CCC)c(-c2cccnc2C(C)CC)n3CC)c1.CC. The van der Waals surface area contributed by atoms with E-state index in [0.29, 0.717) is 5.92 Å². The van der Waals surface area contributed by atoms with Crippen molar-refractivity contribution < 1.29 is 0 Å². The summed E-state index contributed by atoms with van der Waals surface area (Å²) in [5.74, 6) is 0.412. The van der Waals surface area contributed by atoms with Gasteiger partial charge in [0.15, 0.2) is 0 Å². The number of aryl methyl sites for hydroxylation is 2. The number of fused-ring (bicyclic) bond motifs is 1. The zero-order chi connectivity index (χ0) is 33.5. The van der Waals surface area contributed by atoms with Crippen LogP contribution in [0.5, 0.6) is 0 Å². The fourth-order valence-corrected chi connectivity index (χ4v) is 6.81. The van der Waals surface area contributed by atoms with Crippen molar-refractivity contribution in [2.75, 3.05) is 6.54 Å². The fourth-order valence-electron chi connectivity index (χ4n) is 6.81. The molecule has 4 rings (SSSR count). The van der Waals surface area contributed by atoms with Crippen LogP contribution >= 0.6 is 0 Å². The van der Waals surface area contributed by atoms with Gasteiger partial charge in [0.05, 0.1) is 11.4 Å². The molecule has 0 radical (unpaired) electrons. The van der Waals surface area contributed by atoms with Crippen LogP contribution in [0.4, 0.5) is 0 Å². The molecule has 2 heterocycles. The summed E-state index contributed by atoms with van der Waals surface area (Å²) in [7, 11) is 0. The van der Waals surface area contributed by atoms with Crippen LogP contribution in [0.2, 0.25) is 0 Å². The maximum absolute atomic E-state index is 4.95. The Hall–Kier alpha value is -3.37. The molecule has 0 saturated carbocycles. The van der Waals surface area contributed by atoms with Crippen molar-refractivity contribution in [2.45, 2.75) is 126 Å². The van der Waals surface area contributed by atoms with E-state index >= 15 is 0 Å². The average molecular weight is 623 g/mol.